The summed E-state index contributed by atoms with van der Waals surface area (Å²) in [6.07, 6.45) is 1.39. The number of nitrogens with one attached hydrogen (secondary N) is 2. The Balaban J connectivity index is 2.18. The van der Waals surface area contributed by atoms with Crippen molar-refractivity contribution >= 4 is 12.0 Å². The molecule has 2 amide bonds. The van der Waals surface area contributed by atoms with Crippen LogP contribution in [0.4, 0.5) is 4.79 Å². The summed E-state index contributed by atoms with van der Waals surface area (Å²) in [6.45, 7) is 1.50. The minimum absolute atomic E-state index is 0.0907. The van der Waals surface area contributed by atoms with E-state index in [1.54, 1.807) is 12.3 Å². The summed E-state index contributed by atoms with van der Waals surface area (Å²) >= 11 is 0. The Hall–Kier alpha value is -2.02. The van der Waals surface area contributed by atoms with Crippen molar-refractivity contribution in [1.29, 1.82) is 0 Å². The lowest BCUT2D eigenvalue weighted by Gasteiger charge is -2.14. The molecule has 0 saturated carbocycles. The average Bonchev–Trinajstić information content (AvgIpc) is 2.86. The van der Waals surface area contributed by atoms with Crippen LogP contribution in [0.1, 0.15) is 19.1 Å². The molecule has 0 bridgehead atoms. The van der Waals surface area contributed by atoms with E-state index in [9.17, 15) is 9.59 Å². The second kappa shape index (κ2) is 7.42. The van der Waals surface area contributed by atoms with Crippen LogP contribution in [0.5, 0.6) is 0 Å². The molecule has 2 atom stereocenters. The fraction of sp³-hybridized carbons (Fsp3) is 0.500. The molecule has 1 heterocycles. The molecule has 1 aromatic rings. The first-order valence-electron chi connectivity index (χ1n) is 5.96. The van der Waals surface area contributed by atoms with E-state index in [0.29, 0.717) is 12.8 Å². The standard InChI is InChI=1S/C12H18N2O5/c1-8(4-5-9-3-2-6-19-9)14-12(18)13-7-10(15)11(16)17/h2-3,6,8,10,15H,4-5,7H2,1H3,(H,16,17)(H2,13,14,18)/t8?,10-/m0/s1. The average molecular weight is 270 g/mol. The van der Waals surface area contributed by atoms with Gasteiger partial charge in [0.2, 0.25) is 0 Å². The lowest BCUT2D eigenvalue weighted by Crippen LogP contribution is -2.45. The van der Waals surface area contributed by atoms with Crippen LogP contribution < -0.4 is 10.6 Å². The van der Waals surface area contributed by atoms with E-state index in [1.807, 2.05) is 13.0 Å². The first-order chi connectivity index (χ1) is 8.99. The molecule has 1 unspecified atom stereocenters. The number of carboxylic acid groups (broad SMARTS) is 1. The van der Waals surface area contributed by atoms with E-state index in [1.165, 1.54) is 0 Å². The maximum absolute atomic E-state index is 11.4. The van der Waals surface area contributed by atoms with Gasteiger partial charge >= 0.3 is 12.0 Å². The zero-order chi connectivity index (χ0) is 14.3. The molecule has 1 aromatic heterocycles. The van der Waals surface area contributed by atoms with Gasteiger partial charge in [-0.05, 0) is 25.5 Å². The van der Waals surface area contributed by atoms with Crippen LogP contribution in [-0.4, -0.2) is 40.9 Å². The number of furan rings is 1. The summed E-state index contributed by atoms with van der Waals surface area (Å²) in [5.74, 6) is -0.526. The number of rotatable bonds is 7. The topological polar surface area (TPSA) is 112 Å². The zero-order valence-corrected chi connectivity index (χ0v) is 10.6. The Bertz CT molecular complexity index is 404. The van der Waals surface area contributed by atoms with Gasteiger partial charge in [-0.15, -0.1) is 0 Å². The molecular formula is C12H18N2O5. The predicted molar refractivity (Wildman–Crippen MR) is 66.7 cm³/mol. The molecule has 0 aliphatic rings. The van der Waals surface area contributed by atoms with E-state index in [4.69, 9.17) is 14.6 Å². The lowest BCUT2D eigenvalue weighted by molar-refractivity contribution is -0.146. The van der Waals surface area contributed by atoms with Gasteiger partial charge in [0.05, 0.1) is 12.8 Å². The number of carbonyl (C=O) groups is 2. The van der Waals surface area contributed by atoms with E-state index >= 15 is 0 Å². The second-order valence-electron chi connectivity index (χ2n) is 4.23. The van der Waals surface area contributed by atoms with Gasteiger partial charge in [-0.3, -0.25) is 0 Å². The first-order valence-corrected chi connectivity index (χ1v) is 5.96. The first kappa shape index (κ1) is 15.0. The van der Waals surface area contributed by atoms with Gasteiger partial charge in [-0.25, -0.2) is 9.59 Å². The Kier molecular flexibility index (Phi) is 5.87. The third-order valence-electron chi connectivity index (χ3n) is 2.52. The summed E-state index contributed by atoms with van der Waals surface area (Å²) in [6, 6.07) is 3.06. The number of hydrogen-bond donors (Lipinski definition) is 4. The van der Waals surface area contributed by atoms with Gasteiger partial charge in [-0.2, -0.15) is 0 Å². The van der Waals surface area contributed by atoms with E-state index in [2.05, 4.69) is 10.6 Å². The molecule has 0 aliphatic carbocycles. The van der Waals surface area contributed by atoms with Crippen LogP contribution >= 0.6 is 0 Å². The molecule has 7 nitrogen and oxygen atoms in total. The Labute approximate surface area is 110 Å². The summed E-state index contributed by atoms with van der Waals surface area (Å²) in [4.78, 5) is 21.7. The molecule has 1 rings (SSSR count). The smallest absolute Gasteiger partial charge is 0.334 e. The van der Waals surface area contributed by atoms with E-state index in [0.717, 1.165) is 5.76 Å². The highest BCUT2D eigenvalue weighted by atomic mass is 16.4. The van der Waals surface area contributed by atoms with E-state index in [-0.39, 0.29) is 12.6 Å². The summed E-state index contributed by atoms with van der Waals surface area (Å²) in [5.41, 5.74) is 0. The minimum atomic E-state index is -1.59. The minimum Gasteiger partial charge on any atom is -0.479 e. The maximum atomic E-state index is 11.4. The Morgan fingerprint density at radius 1 is 1.47 bits per heavy atom. The highest BCUT2D eigenvalue weighted by Crippen LogP contribution is 2.05. The molecule has 0 spiro atoms. The van der Waals surface area contributed by atoms with Gasteiger partial charge in [0.1, 0.15) is 5.76 Å². The number of amides is 2. The molecule has 7 heteroatoms. The second-order valence-corrected chi connectivity index (χ2v) is 4.23. The van der Waals surface area contributed by atoms with E-state index < -0.39 is 18.1 Å². The third kappa shape index (κ3) is 5.91. The summed E-state index contributed by atoms with van der Waals surface area (Å²) < 4.78 is 5.17. The normalized spacial score (nSPS) is 13.6. The number of carbonyl (C=O) groups excluding carboxylic acids is 1. The van der Waals surface area contributed by atoms with Gasteiger partial charge < -0.3 is 25.3 Å². The molecule has 0 saturated heterocycles. The van der Waals surface area contributed by atoms with Crippen LogP contribution in [0.2, 0.25) is 0 Å². The zero-order valence-electron chi connectivity index (χ0n) is 10.6. The predicted octanol–water partition coefficient (Wildman–Crippen LogP) is 0.345. The Morgan fingerprint density at radius 2 is 2.21 bits per heavy atom. The molecule has 0 aromatic carbocycles. The fourth-order valence-corrected chi connectivity index (χ4v) is 1.44. The fourth-order valence-electron chi connectivity index (χ4n) is 1.44. The molecule has 0 fully saturated rings. The number of carboxylic acids is 1. The Morgan fingerprint density at radius 3 is 2.79 bits per heavy atom. The maximum Gasteiger partial charge on any atom is 0.334 e. The summed E-state index contributed by atoms with van der Waals surface area (Å²) in [7, 11) is 0. The number of hydrogen-bond acceptors (Lipinski definition) is 4. The number of aryl methyl sites for hydroxylation is 1. The van der Waals surface area contributed by atoms with Crippen LogP contribution in [0.3, 0.4) is 0 Å². The highest BCUT2D eigenvalue weighted by Gasteiger charge is 2.14. The van der Waals surface area contributed by atoms with Crippen LogP contribution in [0.25, 0.3) is 0 Å². The van der Waals surface area contributed by atoms with Crippen molar-refractivity contribution in [3.05, 3.63) is 24.2 Å². The third-order valence-corrected chi connectivity index (χ3v) is 2.52. The van der Waals surface area contributed by atoms with Crippen molar-refractivity contribution in [3.8, 4) is 0 Å². The summed E-state index contributed by atoms with van der Waals surface area (Å²) in [5, 5.41) is 22.3. The number of aliphatic carboxylic acids is 1. The van der Waals surface area contributed by atoms with Crippen molar-refractivity contribution in [2.75, 3.05) is 6.54 Å². The molecule has 106 valence electrons. The van der Waals surface area contributed by atoms with Gasteiger partial charge in [0.25, 0.3) is 0 Å². The largest absolute Gasteiger partial charge is 0.479 e. The van der Waals surface area contributed by atoms with Gasteiger partial charge in [0.15, 0.2) is 6.10 Å². The quantitative estimate of drug-likeness (QED) is 0.571. The van der Waals surface area contributed by atoms with Crippen LogP contribution in [0, 0.1) is 0 Å². The van der Waals surface area contributed by atoms with Crippen molar-refractivity contribution in [3.63, 3.8) is 0 Å². The van der Waals surface area contributed by atoms with Crippen molar-refractivity contribution in [1.82, 2.24) is 10.6 Å². The molecule has 0 radical (unpaired) electrons. The van der Waals surface area contributed by atoms with Crippen molar-refractivity contribution < 1.29 is 24.2 Å². The monoisotopic (exact) mass is 270 g/mol. The van der Waals surface area contributed by atoms with Gasteiger partial charge in [-0.1, -0.05) is 0 Å². The highest BCUT2D eigenvalue weighted by molar-refractivity contribution is 5.76. The van der Waals surface area contributed by atoms with Crippen molar-refractivity contribution in [2.24, 2.45) is 0 Å². The number of aliphatic hydroxyl groups is 1. The van der Waals surface area contributed by atoms with Gasteiger partial charge in [0, 0.05) is 12.5 Å². The number of aliphatic hydroxyl groups excluding tert-OH is 1. The molecule has 19 heavy (non-hydrogen) atoms. The molecule has 4 N–H and O–H groups in total. The van der Waals surface area contributed by atoms with Crippen molar-refractivity contribution in [2.45, 2.75) is 31.9 Å². The number of urea groups is 1. The van der Waals surface area contributed by atoms with Crippen LogP contribution in [-0.2, 0) is 11.2 Å². The lowest BCUT2D eigenvalue weighted by atomic mass is 10.1. The van der Waals surface area contributed by atoms with Crippen LogP contribution in [0.15, 0.2) is 22.8 Å². The molecule has 0 aliphatic heterocycles. The SMILES string of the molecule is CC(CCc1ccco1)NC(=O)NC[C@H](O)C(=O)O. The molecular weight excluding hydrogens is 252 g/mol.